The molecule has 1 atom stereocenters. The molecule has 0 spiro atoms. The summed E-state index contributed by atoms with van der Waals surface area (Å²) in [4.78, 5) is 17.1. The smallest absolute Gasteiger partial charge is 0.168 e. The molecular weight excluding hydrogens is 359 g/mol. The number of aliphatic imine (C=N–C) groups is 1. The second-order valence-corrected chi connectivity index (χ2v) is 7.14. The van der Waals surface area contributed by atoms with Gasteiger partial charge in [-0.05, 0) is 36.2 Å². The van der Waals surface area contributed by atoms with E-state index in [-0.39, 0.29) is 12.2 Å². The fourth-order valence-electron chi connectivity index (χ4n) is 2.90. The molecule has 1 heterocycles. The molecule has 0 saturated heterocycles. The molecule has 0 radical (unpaired) electrons. The van der Waals surface area contributed by atoms with Crippen LogP contribution in [0.5, 0.6) is 0 Å². The van der Waals surface area contributed by atoms with E-state index < -0.39 is 5.54 Å². The van der Waals surface area contributed by atoms with Crippen molar-refractivity contribution in [2.45, 2.75) is 18.9 Å². The summed E-state index contributed by atoms with van der Waals surface area (Å²) in [6, 6.07) is 12.6. The zero-order chi connectivity index (χ0) is 18.0. The number of rotatable bonds is 4. The van der Waals surface area contributed by atoms with Gasteiger partial charge in [-0.2, -0.15) is 0 Å². The predicted molar refractivity (Wildman–Crippen MR) is 101 cm³/mol. The zero-order valence-electron chi connectivity index (χ0n) is 13.8. The van der Waals surface area contributed by atoms with E-state index >= 15 is 0 Å². The number of carbonyl (C=O) groups excluding carboxylic acids is 1. The molecule has 130 valence electrons. The lowest BCUT2D eigenvalue weighted by molar-refractivity contribution is 0.0992. The van der Waals surface area contributed by atoms with Crippen LogP contribution >= 0.6 is 23.2 Å². The highest BCUT2D eigenvalue weighted by Crippen LogP contribution is 2.29. The first-order valence-corrected chi connectivity index (χ1v) is 8.62. The maximum atomic E-state index is 12.6. The molecule has 0 bridgehead atoms. The van der Waals surface area contributed by atoms with Crippen LogP contribution in [0.2, 0.25) is 10.0 Å². The van der Waals surface area contributed by atoms with Crippen LogP contribution in [0.1, 0.15) is 28.4 Å². The first-order valence-electron chi connectivity index (χ1n) is 7.87. The maximum absolute atomic E-state index is 12.6. The molecule has 3 rings (SSSR count). The Morgan fingerprint density at radius 3 is 2.80 bits per heavy atom. The quantitative estimate of drug-likeness (QED) is 0.819. The van der Waals surface area contributed by atoms with Crippen molar-refractivity contribution in [2.75, 3.05) is 13.2 Å². The highest BCUT2D eigenvalue weighted by molar-refractivity contribution is 6.36. The summed E-state index contributed by atoms with van der Waals surface area (Å²) < 4.78 is 5.52. The number of nitrogens with two attached hydrogens (primary N) is 1. The fourth-order valence-corrected chi connectivity index (χ4v) is 3.41. The van der Waals surface area contributed by atoms with Crippen LogP contribution in [0, 0.1) is 0 Å². The van der Waals surface area contributed by atoms with Gasteiger partial charge in [0.15, 0.2) is 5.78 Å². The number of ether oxygens (including phenoxy) is 1. The van der Waals surface area contributed by atoms with Gasteiger partial charge >= 0.3 is 0 Å². The van der Waals surface area contributed by atoms with Gasteiger partial charge in [-0.15, -0.1) is 0 Å². The second-order valence-electron chi connectivity index (χ2n) is 6.29. The van der Waals surface area contributed by atoms with Gasteiger partial charge in [0.1, 0.15) is 18.0 Å². The van der Waals surface area contributed by atoms with E-state index in [9.17, 15) is 4.79 Å². The Morgan fingerprint density at radius 1 is 1.28 bits per heavy atom. The number of hydrogen-bond donors (Lipinski definition) is 1. The number of nitrogens with zero attached hydrogens (tertiary/aromatic N) is 1. The minimum atomic E-state index is -0.542. The normalized spacial score (nSPS) is 20.2. The van der Waals surface area contributed by atoms with Crippen LogP contribution in [-0.4, -0.2) is 24.8 Å². The van der Waals surface area contributed by atoms with Crippen molar-refractivity contribution in [1.29, 1.82) is 0 Å². The molecule has 0 fully saturated rings. The van der Waals surface area contributed by atoms with E-state index in [2.05, 4.69) is 4.99 Å². The summed E-state index contributed by atoms with van der Waals surface area (Å²) in [7, 11) is 0. The van der Waals surface area contributed by atoms with Crippen molar-refractivity contribution >= 4 is 34.8 Å². The largest absolute Gasteiger partial charge is 0.386 e. The van der Waals surface area contributed by atoms with E-state index in [1.54, 1.807) is 18.2 Å². The number of amidine groups is 1. The highest BCUT2D eigenvalue weighted by atomic mass is 35.5. The summed E-state index contributed by atoms with van der Waals surface area (Å²) in [5.41, 5.74) is 7.58. The molecule has 0 aromatic heterocycles. The molecule has 1 aliphatic heterocycles. The van der Waals surface area contributed by atoms with E-state index in [4.69, 9.17) is 33.7 Å². The molecule has 2 N–H and O–H groups in total. The summed E-state index contributed by atoms with van der Waals surface area (Å²) in [6.45, 7) is 2.77. The maximum Gasteiger partial charge on any atom is 0.168 e. The molecule has 4 nitrogen and oxygen atoms in total. The molecule has 1 aliphatic rings. The van der Waals surface area contributed by atoms with Crippen LogP contribution in [0.15, 0.2) is 47.5 Å². The Hall–Kier alpha value is -1.88. The van der Waals surface area contributed by atoms with Gasteiger partial charge in [0, 0.05) is 17.0 Å². The Bertz CT molecular complexity index is 851. The number of Topliss-reactive ketones (excluding diaryl/α,β-unsaturated/α-hetero) is 1. The van der Waals surface area contributed by atoms with E-state index in [1.165, 1.54) is 0 Å². The lowest BCUT2D eigenvalue weighted by Gasteiger charge is -2.30. The highest BCUT2D eigenvalue weighted by Gasteiger charge is 2.30. The molecular formula is C19H18Cl2N2O2. The Morgan fingerprint density at radius 2 is 2.08 bits per heavy atom. The third-order valence-electron chi connectivity index (χ3n) is 4.17. The van der Waals surface area contributed by atoms with E-state index in [0.717, 1.165) is 11.1 Å². The minimum Gasteiger partial charge on any atom is -0.386 e. The van der Waals surface area contributed by atoms with Gasteiger partial charge in [0.25, 0.3) is 0 Å². The Kier molecular flexibility index (Phi) is 5.13. The topological polar surface area (TPSA) is 64.7 Å². The second kappa shape index (κ2) is 7.16. The van der Waals surface area contributed by atoms with Gasteiger partial charge in [-0.25, -0.2) is 0 Å². The number of hydrogen-bond acceptors (Lipinski definition) is 4. The molecule has 0 aliphatic carbocycles. The van der Waals surface area contributed by atoms with Gasteiger partial charge in [-0.3, -0.25) is 9.79 Å². The number of carbonyl (C=O) groups is 1. The molecule has 1 unspecified atom stereocenters. The van der Waals surface area contributed by atoms with Crippen molar-refractivity contribution < 1.29 is 9.53 Å². The molecule has 2 aromatic carbocycles. The monoisotopic (exact) mass is 376 g/mol. The van der Waals surface area contributed by atoms with Crippen LogP contribution in [0.3, 0.4) is 0 Å². The number of ketones is 1. The SMILES string of the molecule is CC1(c2cccc(CC(=O)c3ccc(Cl)cc3Cl)c2)COCC(N)=N1. The van der Waals surface area contributed by atoms with Crippen LogP contribution in [0.4, 0.5) is 0 Å². The first-order chi connectivity index (χ1) is 11.9. The van der Waals surface area contributed by atoms with Crippen molar-refractivity contribution in [3.05, 3.63) is 69.2 Å². The predicted octanol–water partition coefficient (Wildman–Crippen LogP) is 4.02. The van der Waals surface area contributed by atoms with E-state index in [0.29, 0.717) is 34.7 Å². The van der Waals surface area contributed by atoms with Crippen molar-refractivity contribution in [1.82, 2.24) is 0 Å². The minimum absolute atomic E-state index is 0.0631. The Balaban J connectivity index is 1.85. The van der Waals surface area contributed by atoms with Gasteiger partial charge in [0.05, 0.1) is 11.6 Å². The molecule has 6 heteroatoms. The summed E-state index contributed by atoms with van der Waals surface area (Å²) in [5.74, 6) is 0.412. The fraction of sp³-hybridized carbons (Fsp3) is 0.263. The Labute approximate surface area is 156 Å². The molecule has 0 amide bonds. The zero-order valence-corrected chi connectivity index (χ0v) is 15.3. The summed E-state index contributed by atoms with van der Waals surface area (Å²) in [5, 5.41) is 0.864. The average molecular weight is 377 g/mol. The summed E-state index contributed by atoms with van der Waals surface area (Å²) >= 11 is 12.0. The summed E-state index contributed by atoms with van der Waals surface area (Å²) in [6.07, 6.45) is 0.241. The molecule has 0 saturated carbocycles. The number of halogens is 2. The van der Waals surface area contributed by atoms with E-state index in [1.807, 2.05) is 31.2 Å². The van der Waals surface area contributed by atoms with Gasteiger partial charge in [0.2, 0.25) is 0 Å². The van der Waals surface area contributed by atoms with Gasteiger partial charge < -0.3 is 10.5 Å². The number of benzene rings is 2. The standard InChI is InChI=1S/C19H18Cl2N2O2/c1-19(11-25-10-18(22)23-19)13-4-2-3-12(7-13)8-17(24)15-6-5-14(20)9-16(15)21/h2-7,9H,8,10-11H2,1H3,(H2,22,23). The molecule has 2 aromatic rings. The van der Waals surface area contributed by atoms with Crippen molar-refractivity contribution in [3.8, 4) is 0 Å². The van der Waals surface area contributed by atoms with Gasteiger partial charge in [-0.1, -0.05) is 47.5 Å². The first kappa shape index (κ1) is 17.9. The third kappa shape index (κ3) is 4.03. The average Bonchev–Trinajstić information content (AvgIpc) is 2.54. The lowest BCUT2D eigenvalue weighted by atomic mass is 9.90. The van der Waals surface area contributed by atoms with Crippen LogP contribution < -0.4 is 5.73 Å². The molecule has 25 heavy (non-hydrogen) atoms. The third-order valence-corrected chi connectivity index (χ3v) is 4.72. The van der Waals surface area contributed by atoms with Crippen LogP contribution in [-0.2, 0) is 16.7 Å². The van der Waals surface area contributed by atoms with Crippen LogP contribution in [0.25, 0.3) is 0 Å². The van der Waals surface area contributed by atoms with Crippen molar-refractivity contribution in [2.24, 2.45) is 10.7 Å². The van der Waals surface area contributed by atoms with Crippen molar-refractivity contribution in [3.63, 3.8) is 0 Å². The lowest BCUT2D eigenvalue weighted by Crippen LogP contribution is -2.37.